The molecule has 1 heteroatoms. The van der Waals surface area contributed by atoms with Crippen LogP contribution in [-0.2, 0) is 6.54 Å². The molecule has 0 aromatic heterocycles. The van der Waals surface area contributed by atoms with Gasteiger partial charge in [-0.25, -0.2) is 0 Å². The maximum atomic E-state index is 3.59. The van der Waals surface area contributed by atoms with Crippen molar-refractivity contribution in [2.75, 3.05) is 5.32 Å². The van der Waals surface area contributed by atoms with Crippen LogP contribution in [0.2, 0.25) is 0 Å². The molecular formula is C18H21N. The lowest BCUT2D eigenvalue weighted by Gasteiger charge is -2.13. The lowest BCUT2D eigenvalue weighted by Crippen LogP contribution is -2.03. The van der Waals surface area contributed by atoms with Gasteiger partial charge >= 0.3 is 0 Å². The van der Waals surface area contributed by atoms with Crippen LogP contribution in [0.25, 0.3) is 0 Å². The predicted molar refractivity (Wildman–Crippen MR) is 81.7 cm³/mol. The number of hydrogen-bond donors (Lipinski definition) is 1. The van der Waals surface area contributed by atoms with E-state index in [0.29, 0.717) is 0 Å². The summed E-state index contributed by atoms with van der Waals surface area (Å²) in [7, 11) is 0. The van der Waals surface area contributed by atoms with Crippen LogP contribution < -0.4 is 5.32 Å². The Morgan fingerprint density at radius 1 is 1.05 bits per heavy atom. The number of rotatable bonds is 4. The highest BCUT2D eigenvalue weighted by atomic mass is 14.9. The number of aryl methyl sites for hydroxylation is 2. The monoisotopic (exact) mass is 251 g/mol. The van der Waals surface area contributed by atoms with Crippen LogP contribution in [0.5, 0.6) is 0 Å². The van der Waals surface area contributed by atoms with E-state index in [1.807, 2.05) is 0 Å². The smallest absolute Gasteiger partial charge is 0.0403 e. The van der Waals surface area contributed by atoms with E-state index in [1.54, 1.807) is 5.56 Å². The summed E-state index contributed by atoms with van der Waals surface area (Å²) >= 11 is 0. The SMILES string of the molecule is Cc1ccc(C)c(NCc2ccccc2C2CC2)c1. The molecule has 0 unspecified atom stereocenters. The molecule has 1 saturated carbocycles. The molecular weight excluding hydrogens is 230 g/mol. The first-order valence-corrected chi connectivity index (χ1v) is 7.13. The van der Waals surface area contributed by atoms with Gasteiger partial charge in [0, 0.05) is 12.2 Å². The first-order chi connectivity index (χ1) is 9.24. The van der Waals surface area contributed by atoms with Gasteiger partial charge in [0.1, 0.15) is 0 Å². The van der Waals surface area contributed by atoms with Crippen LogP contribution >= 0.6 is 0 Å². The Labute approximate surface area is 115 Å². The fraction of sp³-hybridized carbons (Fsp3) is 0.333. The normalized spacial score (nSPS) is 14.4. The van der Waals surface area contributed by atoms with Crippen LogP contribution in [0.1, 0.15) is 41.0 Å². The molecule has 0 amide bonds. The van der Waals surface area contributed by atoms with Gasteiger partial charge < -0.3 is 5.32 Å². The van der Waals surface area contributed by atoms with E-state index in [1.165, 1.54) is 35.2 Å². The third kappa shape index (κ3) is 2.81. The number of anilines is 1. The Kier molecular flexibility index (Phi) is 3.29. The summed E-state index contributed by atoms with van der Waals surface area (Å²) in [5.41, 5.74) is 6.87. The second-order valence-corrected chi connectivity index (χ2v) is 5.65. The summed E-state index contributed by atoms with van der Waals surface area (Å²) in [6, 6.07) is 15.4. The van der Waals surface area contributed by atoms with Crippen molar-refractivity contribution in [3.05, 3.63) is 64.7 Å². The predicted octanol–water partition coefficient (Wildman–Crippen LogP) is 4.79. The maximum Gasteiger partial charge on any atom is 0.0403 e. The standard InChI is InChI=1S/C18H21N/c1-13-7-8-14(2)18(11-13)19-12-16-5-3-4-6-17(16)15-9-10-15/h3-8,11,15,19H,9-10,12H2,1-2H3. The van der Waals surface area contributed by atoms with Gasteiger partial charge in [-0.1, -0.05) is 36.4 Å². The first-order valence-electron chi connectivity index (χ1n) is 7.13. The summed E-state index contributed by atoms with van der Waals surface area (Å²) in [5.74, 6) is 0.816. The van der Waals surface area contributed by atoms with Crippen LogP contribution in [0.15, 0.2) is 42.5 Å². The fourth-order valence-electron chi connectivity index (χ4n) is 2.60. The first kappa shape index (κ1) is 12.3. The summed E-state index contributed by atoms with van der Waals surface area (Å²) in [6.07, 6.45) is 2.72. The van der Waals surface area contributed by atoms with Crippen molar-refractivity contribution in [2.24, 2.45) is 0 Å². The molecule has 0 bridgehead atoms. The Bertz CT molecular complexity index is 582. The third-order valence-corrected chi connectivity index (χ3v) is 3.93. The Morgan fingerprint density at radius 3 is 2.63 bits per heavy atom. The minimum Gasteiger partial charge on any atom is -0.381 e. The van der Waals surface area contributed by atoms with Gasteiger partial charge in [0.05, 0.1) is 0 Å². The van der Waals surface area contributed by atoms with Crippen molar-refractivity contribution >= 4 is 5.69 Å². The molecule has 2 aromatic rings. The van der Waals surface area contributed by atoms with Crippen LogP contribution in [0, 0.1) is 13.8 Å². The molecule has 98 valence electrons. The van der Waals surface area contributed by atoms with E-state index in [-0.39, 0.29) is 0 Å². The fourth-order valence-corrected chi connectivity index (χ4v) is 2.60. The summed E-state index contributed by atoms with van der Waals surface area (Å²) in [5, 5.41) is 3.59. The summed E-state index contributed by atoms with van der Waals surface area (Å²) in [4.78, 5) is 0. The Morgan fingerprint density at radius 2 is 1.84 bits per heavy atom. The molecule has 0 radical (unpaired) electrons. The second kappa shape index (κ2) is 5.08. The van der Waals surface area contributed by atoms with Crippen molar-refractivity contribution in [2.45, 2.75) is 39.2 Å². The summed E-state index contributed by atoms with van der Waals surface area (Å²) in [6.45, 7) is 5.23. The molecule has 1 aliphatic carbocycles. The molecule has 0 atom stereocenters. The van der Waals surface area contributed by atoms with Crippen LogP contribution in [0.3, 0.4) is 0 Å². The minimum absolute atomic E-state index is 0.816. The average molecular weight is 251 g/mol. The van der Waals surface area contributed by atoms with Gasteiger partial charge in [0.2, 0.25) is 0 Å². The number of benzene rings is 2. The minimum atomic E-state index is 0.816. The zero-order valence-electron chi connectivity index (χ0n) is 11.7. The highest BCUT2D eigenvalue weighted by molar-refractivity contribution is 5.53. The van der Waals surface area contributed by atoms with Gasteiger partial charge in [-0.2, -0.15) is 0 Å². The van der Waals surface area contributed by atoms with E-state index < -0.39 is 0 Å². The molecule has 1 N–H and O–H groups in total. The van der Waals surface area contributed by atoms with Crippen LogP contribution in [0.4, 0.5) is 5.69 Å². The van der Waals surface area contributed by atoms with Crippen molar-refractivity contribution in [1.82, 2.24) is 0 Å². The average Bonchev–Trinajstić information content (AvgIpc) is 3.25. The molecule has 0 saturated heterocycles. The lowest BCUT2D eigenvalue weighted by molar-refractivity contribution is 1.03. The van der Waals surface area contributed by atoms with E-state index in [0.717, 1.165) is 12.5 Å². The maximum absolute atomic E-state index is 3.59. The Hall–Kier alpha value is -1.76. The van der Waals surface area contributed by atoms with Crippen molar-refractivity contribution in [3.63, 3.8) is 0 Å². The lowest BCUT2D eigenvalue weighted by atomic mass is 10.0. The zero-order valence-corrected chi connectivity index (χ0v) is 11.7. The van der Waals surface area contributed by atoms with E-state index in [2.05, 4.69) is 61.6 Å². The van der Waals surface area contributed by atoms with Crippen molar-refractivity contribution in [3.8, 4) is 0 Å². The topological polar surface area (TPSA) is 12.0 Å². The van der Waals surface area contributed by atoms with Gasteiger partial charge in [-0.3, -0.25) is 0 Å². The number of nitrogens with one attached hydrogen (secondary N) is 1. The molecule has 1 fully saturated rings. The molecule has 1 aliphatic rings. The van der Waals surface area contributed by atoms with Gasteiger partial charge in [-0.05, 0) is 60.9 Å². The third-order valence-electron chi connectivity index (χ3n) is 3.93. The van der Waals surface area contributed by atoms with Gasteiger partial charge in [0.25, 0.3) is 0 Å². The largest absolute Gasteiger partial charge is 0.381 e. The molecule has 1 nitrogen and oxygen atoms in total. The van der Waals surface area contributed by atoms with E-state index in [9.17, 15) is 0 Å². The molecule has 0 spiro atoms. The van der Waals surface area contributed by atoms with Gasteiger partial charge in [-0.15, -0.1) is 0 Å². The van der Waals surface area contributed by atoms with E-state index in [4.69, 9.17) is 0 Å². The second-order valence-electron chi connectivity index (χ2n) is 5.65. The quantitative estimate of drug-likeness (QED) is 0.823. The Balaban J connectivity index is 1.77. The highest BCUT2D eigenvalue weighted by Crippen LogP contribution is 2.41. The summed E-state index contributed by atoms with van der Waals surface area (Å²) < 4.78 is 0. The van der Waals surface area contributed by atoms with Crippen molar-refractivity contribution < 1.29 is 0 Å². The van der Waals surface area contributed by atoms with E-state index >= 15 is 0 Å². The number of hydrogen-bond acceptors (Lipinski definition) is 1. The van der Waals surface area contributed by atoms with Gasteiger partial charge in [0.15, 0.2) is 0 Å². The highest BCUT2D eigenvalue weighted by Gasteiger charge is 2.25. The molecule has 2 aromatic carbocycles. The molecule has 0 heterocycles. The molecule has 3 rings (SSSR count). The molecule has 0 aliphatic heterocycles. The van der Waals surface area contributed by atoms with Crippen molar-refractivity contribution in [1.29, 1.82) is 0 Å². The van der Waals surface area contributed by atoms with Crippen LogP contribution in [-0.4, -0.2) is 0 Å². The zero-order chi connectivity index (χ0) is 13.2. The molecule has 19 heavy (non-hydrogen) atoms.